The van der Waals surface area contributed by atoms with Crippen LogP contribution in [0.5, 0.6) is 0 Å². The molecule has 1 aromatic carbocycles. The van der Waals surface area contributed by atoms with Crippen LogP contribution in [0.4, 0.5) is 0 Å². The Morgan fingerprint density at radius 2 is 2.07 bits per heavy atom. The molecule has 15 heavy (non-hydrogen) atoms. The predicted molar refractivity (Wildman–Crippen MR) is 56.0 cm³/mol. The van der Waals surface area contributed by atoms with Gasteiger partial charge in [-0.2, -0.15) is 0 Å². The Morgan fingerprint density at radius 3 is 2.60 bits per heavy atom. The third kappa shape index (κ3) is 3.42. The SMILES string of the molecule is CCOC(=O)C/C(=N/O)c1ccccc1. The minimum atomic E-state index is -0.394. The highest BCUT2D eigenvalue weighted by Gasteiger charge is 2.10. The second-order valence-electron chi connectivity index (χ2n) is 2.89. The van der Waals surface area contributed by atoms with Crippen LogP contribution in [0.3, 0.4) is 0 Å². The third-order valence-electron chi connectivity index (χ3n) is 1.84. The van der Waals surface area contributed by atoms with Crippen molar-refractivity contribution in [1.82, 2.24) is 0 Å². The first-order valence-corrected chi connectivity index (χ1v) is 4.70. The Hall–Kier alpha value is -1.84. The van der Waals surface area contributed by atoms with Crippen LogP contribution in [-0.4, -0.2) is 23.5 Å². The second kappa shape index (κ2) is 5.80. The predicted octanol–water partition coefficient (Wildman–Crippen LogP) is 1.82. The molecule has 0 spiro atoms. The number of carbonyl (C=O) groups excluding carboxylic acids is 1. The summed E-state index contributed by atoms with van der Waals surface area (Å²) in [7, 11) is 0. The fourth-order valence-electron chi connectivity index (χ4n) is 1.17. The average Bonchev–Trinajstić information content (AvgIpc) is 2.27. The van der Waals surface area contributed by atoms with E-state index in [9.17, 15) is 4.79 Å². The molecule has 4 nitrogen and oxygen atoms in total. The first-order chi connectivity index (χ1) is 7.27. The lowest BCUT2D eigenvalue weighted by molar-refractivity contribution is -0.141. The van der Waals surface area contributed by atoms with Crippen molar-refractivity contribution in [3.63, 3.8) is 0 Å². The molecular weight excluding hydrogens is 194 g/mol. The number of oxime groups is 1. The second-order valence-corrected chi connectivity index (χ2v) is 2.89. The van der Waals surface area contributed by atoms with Crippen LogP contribution < -0.4 is 0 Å². The Balaban J connectivity index is 2.70. The van der Waals surface area contributed by atoms with Gasteiger partial charge in [-0.15, -0.1) is 0 Å². The third-order valence-corrected chi connectivity index (χ3v) is 1.84. The molecule has 0 bridgehead atoms. The zero-order valence-electron chi connectivity index (χ0n) is 8.51. The molecule has 0 saturated heterocycles. The number of hydrogen-bond acceptors (Lipinski definition) is 4. The van der Waals surface area contributed by atoms with E-state index in [0.29, 0.717) is 17.9 Å². The van der Waals surface area contributed by atoms with E-state index in [2.05, 4.69) is 5.16 Å². The van der Waals surface area contributed by atoms with Gasteiger partial charge in [0.15, 0.2) is 0 Å². The van der Waals surface area contributed by atoms with E-state index in [4.69, 9.17) is 9.94 Å². The quantitative estimate of drug-likeness (QED) is 0.354. The number of ether oxygens (including phenoxy) is 1. The number of rotatable bonds is 4. The highest BCUT2D eigenvalue weighted by molar-refractivity contribution is 6.09. The minimum absolute atomic E-state index is 0.0195. The molecule has 0 radical (unpaired) electrons. The molecule has 0 aliphatic heterocycles. The molecular formula is C11H13NO3. The topological polar surface area (TPSA) is 58.9 Å². The monoisotopic (exact) mass is 207 g/mol. The summed E-state index contributed by atoms with van der Waals surface area (Å²) >= 11 is 0. The maximum absolute atomic E-state index is 11.2. The minimum Gasteiger partial charge on any atom is -0.466 e. The Morgan fingerprint density at radius 1 is 1.40 bits per heavy atom. The number of benzene rings is 1. The number of carbonyl (C=O) groups is 1. The van der Waals surface area contributed by atoms with Crippen LogP contribution in [0.15, 0.2) is 35.5 Å². The van der Waals surface area contributed by atoms with Crippen molar-refractivity contribution in [1.29, 1.82) is 0 Å². The van der Waals surface area contributed by atoms with Crippen molar-refractivity contribution in [3.8, 4) is 0 Å². The van der Waals surface area contributed by atoms with E-state index in [1.54, 1.807) is 19.1 Å². The zero-order chi connectivity index (χ0) is 11.1. The molecule has 0 amide bonds. The maximum atomic E-state index is 11.2. The normalized spacial score (nSPS) is 11.1. The number of hydrogen-bond donors (Lipinski definition) is 1. The number of nitrogens with zero attached hydrogens (tertiary/aromatic N) is 1. The van der Waals surface area contributed by atoms with Crippen LogP contribution in [0.1, 0.15) is 18.9 Å². The molecule has 1 aromatic rings. The van der Waals surface area contributed by atoms with Crippen LogP contribution in [0.25, 0.3) is 0 Å². The first kappa shape index (κ1) is 11.2. The molecule has 0 saturated carbocycles. The van der Waals surface area contributed by atoms with E-state index in [0.717, 1.165) is 0 Å². The van der Waals surface area contributed by atoms with E-state index in [1.165, 1.54) is 0 Å². The Labute approximate surface area is 88.2 Å². The summed E-state index contributed by atoms with van der Waals surface area (Å²) in [6.45, 7) is 2.06. The lowest BCUT2D eigenvalue weighted by Gasteiger charge is -2.03. The summed E-state index contributed by atoms with van der Waals surface area (Å²) in [6.07, 6.45) is -0.0195. The van der Waals surface area contributed by atoms with Gasteiger partial charge in [0, 0.05) is 0 Å². The van der Waals surface area contributed by atoms with Crippen molar-refractivity contribution in [2.24, 2.45) is 5.16 Å². The first-order valence-electron chi connectivity index (χ1n) is 4.70. The van der Waals surface area contributed by atoms with Gasteiger partial charge in [0.1, 0.15) is 0 Å². The smallest absolute Gasteiger partial charge is 0.312 e. The van der Waals surface area contributed by atoms with E-state index in [-0.39, 0.29) is 6.42 Å². The maximum Gasteiger partial charge on any atom is 0.312 e. The summed E-state index contributed by atoms with van der Waals surface area (Å²) in [5.74, 6) is -0.394. The van der Waals surface area contributed by atoms with Gasteiger partial charge in [0.05, 0.1) is 18.7 Å². The highest BCUT2D eigenvalue weighted by atomic mass is 16.5. The largest absolute Gasteiger partial charge is 0.466 e. The fourth-order valence-corrected chi connectivity index (χ4v) is 1.17. The van der Waals surface area contributed by atoms with E-state index < -0.39 is 5.97 Å². The van der Waals surface area contributed by atoms with Gasteiger partial charge in [0.2, 0.25) is 0 Å². The lowest BCUT2D eigenvalue weighted by atomic mass is 10.1. The van der Waals surface area contributed by atoms with Crippen LogP contribution >= 0.6 is 0 Å². The molecule has 4 heteroatoms. The average molecular weight is 207 g/mol. The molecule has 0 atom stereocenters. The standard InChI is InChI=1S/C11H13NO3/c1-2-15-11(13)8-10(12-14)9-6-4-3-5-7-9/h3-7,14H,2,8H2,1H3/b12-10-. The van der Waals surface area contributed by atoms with Crippen molar-refractivity contribution in [3.05, 3.63) is 35.9 Å². The summed E-state index contributed by atoms with van der Waals surface area (Å²) in [5.41, 5.74) is 1.03. The zero-order valence-corrected chi connectivity index (χ0v) is 8.51. The van der Waals surface area contributed by atoms with Crippen LogP contribution in [0, 0.1) is 0 Å². The summed E-state index contributed by atoms with van der Waals surface area (Å²) < 4.78 is 4.76. The van der Waals surface area contributed by atoms with E-state index >= 15 is 0 Å². The van der Waals surface area contributed by atoms with Gasteiger partial charge in [0.25, 0.3) is 0 Å². The Kier molecular flexibility index (Phi) is 4.34. The molecule has 0 unspecified atom stereocenters. The fraction of sp³-hybridized carbons (Fsp3) is 0.273. The van der Waals surface area contributed by atoms with Crippen molar-refractivity contribution < 1.29 is 14.7 Å². The summed E-state index contributed by atoms with van der Waals surface area (Å²) in [4.78, 5) is 11.2. The molecule has 0 aliphatic rings. The van der Waals surface area contributed by atoms with Crippen molar-refractivity contribution >= 4 is 11.7 Å². The van der Waals surface area contributed by atoms with Gasteiger partial charge >= 0.3 is 5.97 Å². The van der Waals surface area contributed by atoms with Crippen LogP contribution in [-0.2, 0) is 9.53 Å². The van der Waals surface area contributed by atoms with E-state index in [1.807, 2.05) is 18.2 Å². The van der Waals surface area contributed by atoms with Gasteiger partial charge in [-0.1, -0.05) is 35.5 Å². The summed E-state index contributed by atoms with van der Waals surface area (Å²) in [6, 6.07) is 9.02. The van der Waals surface area contributed by atoms with Gasteiger partial charge < -0.3 is 9.94 Å². The molecule has 0 aromatic heterocycles. The molecule has 0 fully saturated rings. The molecule has 1 N–H and O–H groups in total. The van der Waals surface area contributed by atoms with Crippen molar-refractivity contribution in [2.45, 2.75) is 13.3 Å². The van der Waals surface area contributed by atoms with Gasteiger partial charge in [-0.05, 0) is 12.5 Å². The molecule has 1 rings (SSSR count). The number of esters is 1. The van der Waals surface area contributed by atoms with Crippen LogP contribution in [0.2, 0.25) is 0 Å². The highest BCUT2D eigenvalue weighted by Crippen LogP contribution is 2.05. The van der Waals surface area contributed by atoms with Crippen molar-refractivity contribution in [2.75, 3.05) is 6.61 Å². The van der Waals surface area contributed by atoms with Gasteiger partial charge in [-0.3, -0.25) is 4.79 Å². The molecule has 0 heterocycles. The Bertz CT molecular complexity index is 346. The molecule has 0 aliphatic carbocycles. The lowest BCUT2D eigenvalue weighted by Crippen LogP contribution is -2.12. The van der Waals surface area contributed by atoms with Gasteiger partial charge in [-0.25, -0.2) is 0 Å². The molecule has 80 valence electrons. The summed E-state index contributed by atoms with van der Waals surface area (Å²) in [5, 5.41) is 11.9.